The standard InChI is InChI=1S/C29H29NO3S/c1-4-5-9-22-18-30-25-12-8-13-26(34-3)27(25)28(22)33-19-20-14-16-21(17-15-20)23-10-6-7-11-24(23)29(31)32-2/h6-8,10-18H,4-5,9,19H2,1-3H3. The molecule has 0 atom stereocenters. The number of methoxy groups -OCH3 is 1. The zero-order valence-electron chi connectivity index (χ0n) is 19.8. The summed E-state index contributed by atoms with van der Waals surface area (Å²) in [5.74, 6) is 0.597. The largest absolute Gasteiger partial charge is 0.488 e. The van der Waals surface area contributed by atoms with Crippen molar-refractivity contribution in [3.05, 3.63) is 89.6 Å². The van der Waals surface area contributed by atoms with Gasteiger partial charge in [-0.1, -0.05) is 61.9 Å². The molecule has 4 rings (SSSR count). The molecule has 0 fully saturated rings. The van der Waals surface area contributed by atoms with Crippen molar-refractivity contribution in [2.75, 3.05) is 13.4 Å². The van der Waals surface area contributed by atoms with Gasteiger partial charge in [0.25, 0.3) is 0 Å². The summed E-state index contributed by atoms with van der Waals surface area (Å²) in [5, 5.41) is 1.09. The lowest BCUT2D eigenvalue weighted by molar-refractivity contribution is 0.0601. The summed E-state index contributed by atoms with van der Waals surface area (Å²) < 4.78 is 11.4. The van der Waals surface area contributed by atoms with Gasteiger partial charge >= 0.3 is 5.97 Å². The van der Waals surface area contributed by atoms with E-state index in [0.717, 1.165) is 58.2 Å². The number of pyridine rings is 1. The summed E-state index contributed by atoms with van der Waals surface area (Å²) in [6.07, 6.45) is 7.21. The Kier molecular flexibility index (Phi) is 7.86. The molecule has 0 aliphatic rings. The van der Waals surface area contributed by atoms with Gasteiger partial charge in [0.2, 0.25) is 0 Å². The Morgan fingerprint density at radius 3 is 2.53 bits per heavy atom. The lowest BCUT2D eigenvalue weighted by atomic mass is 9.99. The number of unbranched alkanes of at least 4 members (excludes halogenated alkanes) is 1. The number of ether oxygens (including phenoxy) is 2. The van der Waals surface area contributed by atoms with Crippen molar-refractivity contribution < 1.29 is 14.3 Å². The van der Waals surface area contributed by atoms with Gasteiger partial charge in [-0.25, -0.2) is 4.79 Å². The van der Waals surface area contributed by atoms with Crippen LogP contribution in [0.3, 0.4) is 0 Å². The minimum Gasteiger partial charge on any atom is -0.488 e. The van der Waals surface area contributed by atoms with E-state index in [1.807, 2.05) is 60.8 Å². The van der Waals surface area contributed by atoms with Gasteiger partial charge in [-0.3, -0.25) is 4.98 Å². The average Bonchev–Trinajstić information content (AvgIpc) is 2.90. The Morgan fingerprint density at radius 1 is 1.00 bits per heavy atom. The molecule has 1 aromatic heterocycles. The van der Waals surface area contributed by atoms with Crippen LogP contribution in [0, 0.1) is 0 Å². The molecule has 0 spiro atoms. The second-order valence-electron chi connectivity index (χ2n) is 8.09. The van der Waals surface area contributed by atoms with Crippen LogP contribution in [-0.4, -0.2) is 24.3 Å². The second kappa shape index (κ2) is 11.2. The van der Waals surface area contributed by atoms with Gasteiger partial charge in [-0.05, 0) is 54.0 Å². The molecule has 0 saturated heterocycles. The minimum absolute atomic E-state index is 0.336. The van der Waals surface area contributed by atoms with Crippen LogP contribution in [0.1, 0.15) is 41.3 Å². The molecule has 1 heterocycles. The summed E-state index contributed by atoms with van der Waals surface area (Å²) in [4.78, 5) is 18.0. The fraction of sp³-hybridized carbons (Fsp3) is 0.241. The van der Waals surface area contributed by atoms with Crippen LogP contribution in [-0.2, 0) is 17.8 Å². The highest BCUT2D eigenvalue weighted by molar-refractivity contribution is 7.98. The molecular weight excluding hydrogens is 442 g/mol. The molecule has 0 aliphatic heterocycles. The molecule has 4 nitrogen and oxygen atoms in total. The van der Waals surface area contributed by atoms with Crippen LogP contribution in [0.15, 0.2) is 77.8 Å². The molecule has 5 heteroatoms. The summed E-state index contributed by atoms with van der Waals surface area (Å²) in [7, 11) is 1.40. The molecule has 0 amide bonds. The Hall–Kier alpha value is -3.31. The number of rotatable bonds is 9. The number of aryl methyl sites for hydroxylation is 1. The first-order valence-corrected chi connectivity index (χ1v) is 12.7. The van der Waals surface area contributed by atoms with Crippen LogP contribution in [0.5, 0.6) is 5.75 Å². The molecular formula is C29H29NO3S. The third-order valence-electron chi connectivity index (χ3n) is 5.88. The normalized spacial score (nSPS) is 10.9. The molecule has 3 aromatic carbocycles. The quantitative estimate of drug-likeness (QED) is 0.189. The van der Waals surface area contributed by atoms with E-state index in [-0.39, 0.29) is 5.97 Å². The Balaban J connectivity index is 1.62. The predicted octanol–water partition coefficient (Wildman–Crippen LogP) is 7.33. The molecule has 174 valence electrons. The molecule has 0 N–H and O–H groups in total. The van der Waals surface area contributed by atoms with Gasteiger partial charge in [-0.15, -0.1) is 11.8 Å². The van der Waals surface area contributed by atoms with Crippen molar-refractivity contribution in [1.82, 2.24) is 4.98 Å². The van der Waals surface area contributed by atoms with Gasteiger partial charge in [-0.2, -0.15) is 0 Å². The van der Waals surface area contributed by atoms with E-state index in [2.05, 4.69) is 19.2 Å². The average molecular weight is 472 g/mol. The van der Waals surface area contributed by atoms with E-state index < -0.39 is 0 Å². The first kappa shape index (κ1) is 23.8. The molecule has 0 bridgehead atoms. The third kappa shape index (κ3) is 5.10. The summed E-state index contributed by atoms with van der Waals surface area (Å²) in [6, 6.07) is 21.8. The third-order valence-corrected chi connectivity index (χ3v) is 6.66. The maximum Gasteiger partial charge on any atom is 0.338 e. The van der Waals surface area contributed by atoms with Crippen LogP contribution in [0.2, 0.25) is 0 Å². The van der Waals surface area contributed by atoms with Gasteiger partial charge in [0.1, 0.15) is 12.4 Å². The van der Waals surface area contributed by atoms with Crippen molar-refractivity contribution >= 4 is 28.6 Å². The van der Waals surface area contributed by atoms with Gasteiger partial charge in [0.05, 0.1) is 23.6 Å². The molecule has 4 aromatic rings. The highest BCUT2D eigenvalue weighted by Crippen LogP contribution is 2.36. The summed E-state index contributed by atoms with van der Waals surface area (Å²) in [6.45, 7) is 2.65. The number of hydrogen-bond donors (Lipinski definition) is 0. The van der Waals surface area contributed by atoms with Crippen molar-refractivity contribution in [3.63, 3.8) is 0 Å². The number of fused-ring (bicyclic) bond motifs is 1. The fourth-order valence-electron chi connectivity index (χ4n) is 4.06. The Labute approximate surface area is 205 Å². The van der Waals surface area contributed by atoms with Crippen molar-refractivity contribution in [1.29, 1.82) is 0 Å². The van der Waals surface area contributed by atoms with Crippen LogP contribution in [0.25, 0.3) is 22.0 Å². The van der Waals surface area contributed by atoms with Crippen molar-refractivity contribution in [2.24, 2.45) is 0 Å². The van der Waals surface area contributed by atoms with E-state index in [0.29, 0.717) is 12.2 Å². The number of thioether (sulfide) groups is 1. The van der Waals surface area contributed by atoms with Crippen LogP contribution >= 0.6 is 11.8 Å². The van der Waals surface area contributed by atoms with Gasteiger partial charge in [0, 0.05) is 16.7 Å². The van der Waals surface area contributed by atoms with Crippen LogP contribution in [0.4, 0.5) is 0 Å². The molecule has 0 radical (unpaired) electrons. The highest BCUT2D eigenvalue weighted by atomic mass is 32.2. The highest BCUT2D eigenvalue weighted by Gasteiger charge is 2.15. The lowest BCUT2D eigenvalue weighted by Crippen LogP contribution is -2.03. The smallest absolute Gasteiger partial charge is 0.338 e. The number of carbonyl (C=O) groups excluding carboxylic acids is 1. The van der Waals surface area contributed by atoms with Crippen LogP contribution < -0.4 is 4.74 Å². The lowest BCUT2D eigenvalue weighted by Gasteiger charge is -2.16. The van der Waals surface area contributed by atoms with E-state index in [1.165, 1.54) is 12.0 Å². The zero-order valence-corrected chi connectivity index (χ0v) is 20.7. The summed E-state index contributed by atoms with van der Waals surface area (Å²) in [5.41, 5.74) is 5.55. The number of benzene rings is 3. The molecule has 0 saturated carbocycles. The zero-order chi connectivity index (χ0) is 23.9. The Morgan fingerprint density at radius 2 is 1.79 bits per heavy atom. The van der Waals surface area contributed by atoms with E-state index in [4.69, 9.17) is 14.5 Å². The monoisotopic (exact) mass is 471 g/mol. The minimum atomic E-state index is -0.336. The van der Waals surface area contributed by atoms with Gasteiger partial charge < -0.3 is 9.47 Å². The molecule has 0 aliphatic carbocycles. The first-order valence-electron chi connectivity index (χ1n) is 11.5. The Bertz CT molecular complexity index is 1280. The maximum absolute atomic E-state index is 12.2. The van der Waals surface area contributed by atoms with Crippen molar-refractivity contribution in [3.8, 4) is 16.9 Å². The number of carbonyl (C=O) groups is 1. The van der Waals surface area contributed by atoms with Crippen molar-refractivity contribution in [2.45, 2.75) is 37.7 Å². The second-order valence-corrected chi connectivity index (χ2v) is 8.94. The molecule has 34 heavy (non-hydrogen) atoms. The van der Waals surface area contributed by atoms with E-state index in [1.54, 1.807) is 17.8 Å². The first-order chi connectivity index (χ1) is 16.7. The predicted molar refractivity (Wildman–Crippen MR) is 140 cm³/mol. The number of aromatic nitrogens is 1. The van der Waals surface area contributed by atoms with E-state index in [9.17, 15) is 4.79 Å². The SMILES string of the molecule is CCCCc1cnc2cccc(SC)c2c1OCc1ccc(-c2ccccc2C(=O)OC)cc1. The summed E-state index contributed by atoms with van der Waals surface area (Å²) >= 11 is 1.71. The van der Waals surface area contributed by atoms with Gasteiger partial charge in [0.15, 0.2) is 0 Å². The molecule has 0 unspecified atom stereocenters. The van der Waals surface area contributed by atoms with E-state index >= 15 is 0 Å². The maximum atomic E-state index is 12.2. The number of hydrogen-bond acceptors (Lipinski definition) is 5. The number of nitrogens with zero attached hydrogens (tertiary/aromatic N) is 1. The number of esters is 1. The topological polar surface area (TPSA) is 48.4 Å². The fourth-order valence-corrected chi connectivity index (χ4v) is 4.68.